The average molecular weight is 297 g/mol. The van der Waals surface area contributed by atoms with E-state index in [1.807, 2.05) is 25.1 Å². The number of hydrogen-bond donors (Lipinski definition) is 1. The van der Waals surface area contributed by atoms with Crippen LogP contribution in [0.4, 0.5) is 4.39 Å². The summed E-state index contributed by atoms with van der Waals surface area (Å²) in [5, 5.41) is 2.38. The molecule has 2 N–H and O–H groups in total. The van der Waals surface area contributed by atoms with Gasteiger partial charge in [0.25, 0.3) is 0 Å². The molecule has 0 bridgehead atoms. The zero-order chi connectivity index (χ0) is 14.8. The Balaban J connectivity index is 2.00. The highest BCUT2D eigenvalue weighted by Gasteiger charge is 2.13. The molecule has 106 valence electrons. The zero-order valence-corrected chi connectivity index (χ0v) is 12.5. The smallest absolute Gasteiger partial charge is 0.129 e. The van der Waals surface area contributed by atoms with E-state index in [-0.39, 0.29) is 11.9 Å². The summed E-state index contributed by atoms with van der Waals surface area (Å²) in [5.41, 5.74) is 6.49. The molecule has 1 atom stereocenters. The highest BCUT2D eigenvalue weighted by Crippen LogP contribution is 2.35. The lowest BCUT2D eigenvalue weighted by Crippen LogP contribution is -2.08. The maximum atomic E-state index is 14.0. The fourth-order valence-corrected chi connectivity index (χ4v) is 3.52. The van der Waals surface area contributed by atoms with E-state index in [1.54, 1.807) is 17.8 Å². The number of fused-ring (bicyclic) bond motifs is 1. The van der Waals surface area contributed by atoms with Crippen LogP contribution in [-0.2, 0) is 0 Å². The van der Waals surface area contributed by atoms with Crippen LogP contribution in [0.15, 0.2) is 70.5 Å². The van der Waals surface area contributed by atoms with Crippen molar-refractivity contribution in [3.8, 4) is 0 Å². The molecule has 0 aromatic heterocycles. The Labute approximate surface area is 128 Å². The van der Waals surface area contributed by atoms with Gasteiger partial charge in [0.05, 0.1) is 0 Å². The third kappa shape index (κ3) is 2.94. The molecule has 0 aliphatic rings. The van der Waals surface area contributed by atoms with Gasteiger partial charge in [0.1, 0.15) is 5.82 Å². The Morgan fingerprint density at radius 1 is 0.952 bits per heavy atom. The Hall–Kier alpha value is -1.84. The van der Waals surface area contributed by atoms with Crippen LogP contribution in [0.5, 0.6) is 0 Å². The van der Waals surface area contributed by atoms with Crippen molar-refractivity contribution in [1.82, 2.24) is 0 Å². The Kier molecular flexibility index (Phi) is 3.95. The van der Waals surface area contributed by atoms with Crippen molar-refractivity contribution in [3.05, 3.63) is 72.0 Å². The van der Waals surface area contributed by atoms with E-state index in [0.717, 1.165) is 9.79 Å². The van der Waals surface area contributed by atoms with Gasteiger partial charge in [-0.1, -0.05) is 48.2 Å². The molecule has 0 amide bonds. The van der Waals surface area contributed by atoms with Crippen molar-refractivity contribution in [3.63, 3.8) is 0 Å². The van der Waals surface area contributed by atoms with Crippen LogP contribution < -0.4 is 5.73 Å². The predicted molar refractivity (Wildman–Crippen MR) is 87.1 cm³/mol. The molecule has 0 radical (unpaired) electrons. The summed E-state index contributed by atoms with van der Waals surface area (Å²) in [4.78, 5) is 1.96. The molecule has 21 heavy (non-hydrogen) atoms. The lowest BCUT2D eigenvalue weighted by Gasteiger charge is -2.13. The topological polar surface area (TPSA) is 26.0 Å². The van der Waals surface area contributed by atoms with Crippen LogP contribution in [0.3, 0.4) is 0 Å². The number of rotatable bonds is 3. The molecule has 0 saturated carbocycles. The quantitative estimate of drug-likeness (QED) is 0.723. The number of nitrogens with two attached hydrogens (primary N) is 1. The van der Waals surface area contributed by atoms with Gasteiger partial charge in [0, 0.05) is 21.4 Å². The molecule has 0 heterocycles. The fourth-order valence-electron chi connectivity index (χ4n) is 2.41. The first kappa shape index (κ1) is 14.1. The number of hydrogen-bond acceptors (Lipinski definition) is 2. The van der Waals surface area contributed by atoms with Crippen molar-refractivity contribution in [2.24, 2.45) is 5.73 Å². The average Bonchev–Trinajstić information content (AvgIpc) is 2.47. The summed E-state index contributed by atoms with van der Waals surface area (Å²) < 4.78 is 14.0. The molecule has 0 spiro atoms. The third-order valence-electron chi connectivity index (χ3n) is 3.42. The van der Waals surface area contributed by atoms with Crippen molar-refractivity contribution in [2.45, 2.75) is 22.8 Å². The summed E-state index contributed by atoms with van der Waals surface area (Å²) in [5.74, 6) is -0.240. The first-order valence-electron chi connectivity index (χ1n) is 6.86. The summed E-state index contributed by atoms with van der Waals surface area (Å²) in [7, 11) is 0. The maximum absolute atomic E-state index is 14.0. The largest absolute Gasteiger partial charge is 0.324 e. The second-order valence-corrected chi connectivity index (χ2v) is 6.17. The van der Waals surface area contributed by atoms with Crippen molar-refractivity contribution in [2.75, 3.05) is 0 Å². The van der Waals surface area contributed by atoms with Gasteiger partial charge in [-0.15, -0.1) is 0 Å². The Bertz CT molecular complexity index is 783. The molecule has 3 heteroatoms. The van der Waals surface area contributed by atoms with Gasteiger partial charge in [-0.25, -0.2) is 4.39 Å². The van der Waals surface area contributed by atoms with Crippen LogP contribution in [0.1, 0.15) is 18.5 Å². The lowest BCUT2D eigenvalue weighted by molar-refractivity contribution is 0.585. The maximum Gasteiger partial charge on any atom is 0.129 e. The molecule has 1 unspecified atom stereocenters. The highest BCUT2D eigenvalue weighted by molar-refractivity contribution is 7.99. The van der Waals surface area contributed by atoms with E-state index in [2.05, 4.69) is 30.3 Å². The van der Waals surface area contributed by atoms with E-state index in [1.165, 1.54) is 16.8 Å². The number of halogens is 1. The summed E-state index contributed by atoms with van der Waals surface area (Å²) in [6, 6.07) is 19.3. The standard InChI is InChI=1S/C18H16FNS/c1-12(20)18-16(19)7-4-8-17(18)21-15-10-9-13-5-2-3-6-14(13)11-15/h2-12H,20H2,1H3. The fraction of sp³-hybridized carbons (Fsp3) is 0.111. The zero-order valence-electron chi connectivity index (χ0n) is 11.7. The van der Waals surface area contributed by atoms with E-state index < -0.39 is 0 Å². The normalized spacial score (nSPS) is 12.5. The monoisotopic (exact) mass is 297 g/mol. The summed E-state index contributed by atoms with van der Waals surface area (Å²) in [6.07, 6.45) is 0. The minimum absolute atomic E-state index is 0.240. The van der Waals surface area contributed by atoms with Gasteiger partial charge >= 0.3 is 0 Å². The van der Waals surface area contributed by atoms with Crippen LogP contribution >= 0.6 is 11.8 Å². The van der Waals surface area contributed by atoms with Crippen LogP contribution in [-0.4, -0.2) is 0 Å². The molecule has 0 fully saturated rings. The minimum atomic E-state index is -0.325. The number of benzene rings is 3. The van der Waals surface area contributed by atoms with Gasteiger partial charge < -0.3 is 5.73 Å². The van der Waals surface area contributed by atoms with E-state index in [9.17, 15) is 4.39 Å². The lowest BCUT2D eigenvalue weighted by atomic mass is 10.1. The summed E-state index contributed by atoms with van der Waals surface area (Å²) >= 11 is 1.55. The molecule has 0 saturated heterocycles. The molecular weight excluding hydrogens is 281 g/mol. The first-order valence-corrected chi connectivity index (χ1v) is 7.67. The molecule has 3 rings (SSSR count). The van der Waals surface area contributed by atoms with E-state index in [0.29, 0.717) is 5.56 Å². The molecular formula is C18H16FNS. The van der Waals surface area contributed by atoms with Crippen molar-refractivity contribution in [1.29, 1.82) is 0 Å². The van der Waals surface area contributed by atoms with E-state index >= 15 is 0 Å². The SMILES string of the molecule is CC(N)c1c(F)cccc1Sc1ccc2ccccc2c1. The second-order valence-electron chi connectivity index (χ2n) is 5.05. The van der Waals surface area contributed by atoms with Crippen molar-refractivity contribution < 1.29 is 4.39 Å². The van der Waals surface area contributed by atoms with Gasteiger partial charge in [0.2, 0.25) is 0 Å². The first-order chi connectivity index (χ1) is 10.1. The van der Waals surface area contributed by atoms with Gasteiger partial charge in [-0.05, 0) is 42.0 Å². The molecule has 3 aromatic rings. The Morgan fingerprint density at radius 3 is 2.48 bits per heavy atom. The van der Waals surface area contributed by atoms with Crippen LogP contribution in [0.2, 0.25) is 0 Å². The second kappa shape index (κ2) is 5.88. The highest BCUT2D eigenvalue weighted by atomic mass is 32.2. The van der Waals surface area contributed by atoms with Crippen LogP contribution in [0, 0.1) is 5.82 Å². The Morgan fingerprint density at radius 2 is 1.71 bits per heavy atom. The van der Waals surface area contributed by atoms with Gasteiger partial charge in [-0.3, -0.25) is 0 Å². The molecule has 0 aliphatic carbocycles. The molecule has 3 aromatic carbocycles. The molecule has 0 aliphatic heterocycles. The summed E-state index contributed by atoms with van der Waals surface area (Å²) in [6.45, 7) is 1.81. The van der Waals surface area contributed by atoms with Gasteiger partial charge in [-0.2, -0.15) is 0 Å². The van der Waals surface area contributed by atoms with Gasteiger partial charge in [0.15, 0.2) is 0 Å². The minimum Gasteiger partial charge on any atom is -0.324 e. The van der Waals surface area contributed by atoms with Crippen molar-refractivity contribution >= 4 is 22.5 Å². The predicted octanol–water partition coefficient (Wildman–Crippen LogP) is 5.15. The molecule has 1 nitrogen and oxygen atoms in total. The third-order valence-corrected chi connectivity index (χ3v) is 4.48. The van der Waals surface area contributed by atoms with Crippen LogP contribution in [0.25, 0.3) is 10.8 Å². The van der Waals surface area contributed by atoms with E-state index in [4.69, 9.17) is 5.73 Å².